The maximum Gasteiger partial charge on any atom is 0.254 e. The first-order valence-corrected chi connectivity index (χ1v) is 11.6. The summed E-state index contributed by atoms with van der Waals surface area (Å²) in [6.45, 7) is 8.95. The molecule has 10 heteroatoms. The molecule has 3 aromatic rings. The SMILES string of the molecule is C=CC(=O)N1CCC[C@@H](n2cc(Nc3ncc(C(N)=O)c(Nc4c(C)cccc4CC)n3)cn2)C1. The van der Waals surface area contributed by atoms with Gasteiger partial charge in [0.25, 0.3) is 5.91 Å². The molecular weight excluding hydrogens is 444 g/mol. The normalized spacial score (nSPS) is 15.5. The molecular formula is C25H30N8O2. The Morgan fingerprint density at radius 3 is 2.86 bits per heavy atom. The lowest BCUT2D eigenvalue weighted by Gasteiger charge is -2.32. The summed E-state index contributed by atoms with van der Waals surface area (Å²) in [5, 5.41) is 10.9. The number of rotatable bonds is 8. The third-order valence-corrected chi connectivity index (χ3v) is 6.15. The number of amides is 2. The van der Waals surface area contributed by atoms with Gasteiger partial charge in [-0.25, -0.2) is 4.98 Å². The van der Waals surface area contributed by atoms with Crippen LogP contribution in [0.25, 0.3) is 0 Å². The number of piperidine rings is 1. The summed E-state index contributed by atoms with van der Waals surface area (Å²) in [4.78, 5) is 34.6. The van der Waals surface area contributed by atoms with Crippen LogP contribution in [0.3, 0.4) is 0 Å². The number of likely N-dealkylation sites (tertiary alicyclic amines) is 1. The summed E-state index contributed by atoms with van der Waals surface area (Å²) >= 11 is 0. The number of carbonyl (C=O) groups excluding carboxylic acids is 2. The number of nitrogens with one attached hydrogen (secondary N) is 2. The molecule has 0 radical (unpaired) electrons. The standard InChI is InChI=1S/C25H30N8O2/c1-4-17-9-6-8-16(3)22(17)30-24-20(23(26)35)13-27-25(31-24)29-18-12-28-33(14-18)19-10-7-11-32(15-19)21(34)5-2/h5-6,8-9,12-14,19H,2,4,7,10-11,15H2,1,3H3,(H2,26,35)(H2,27,29,30,31)/t19-/m1/s1. The molecule has 1 aliphatic heterocycles. The molecule has 1 fully saturated rings. The number of nitrogens with two attached hydrogens (primary N) is 1. The van der Waals surface area contributed by atoms with Crippen molar-refractivity contribution >= 4 is 35.0 Å². The highest BCUT2D eigenvalue weighted by atomic mass is 16.2. The molecule has 182 valence electrons. The lowest BCUT2D eigenvalue weighted by atomic mass is 10.1. The van der Waals surface area contributed by atoms with Crippen LogP contribution in [0.1, 0.15) is 47.3 Å². The summed E-state index contributed by atoms with van der Waals surface area (Å²) in [6.07, 6.45) is 8.95. The summed E-state index contributed by atoms with van der Waals surface area (Å²) < 4.78 is 1.85. The van der Waals surface area contributed by atoms with E-state index in [4.69, 9.17) is 5.73 Å². The van der Waals surface area contributed by atoms with E-state index in [2.05, 4.69) is 39.2 Å². The van der Waals surface area contributed by atoms with Crippen LogP contribution >= 0.6 is 0 Å². The lowest BCUT2D eigenvalue weighted by Crippen LogP contribution is -2.39. The third kappa shape index (κ3) is 5.32. The Morgan fingerprint density at radius 1 is 1.29 bits per heavy atom. The lowest BCUT2D eigenvalue weighted by molar-refractivity contribution is -0.127. The van der Waals surface area contributed by atoms with Crippen LogP contribution in [-0.2, 0) is 11.2 Å². The van der Waals surface area contributed by atoms with Crippen molar-refractivity contribution in [3.63, 3.8) is 0 Å². The van der Waals surface area contributed by atoms with Crippen molar-refractivity contribution in [3.05, 3.63) is 66.1 Å². The number of para-hydroxylation sites is 1. The molecule has 1 atom stereocenters. The van der Waals surface area contributed by atoms with E-state index in [-0.39, 0.29) is 17.5 Å². The van der Waals surface area contributed by atoms with Gasteiger partial charge in [-0.1, -0.05) is 31.7 Å². The van der Waals surface area contributed by atoms with Crippen LogP contribution in [0.2, 0.25) is 0 Å². The van der Waals surface area contributed by atoms with Gasteiger partial charge in [-0.2, -0.15) is 10.1 Å². The van der Waals surface area contributed by atoms with Crippen LogP contribution in [-0.4, -0.2) is 49.6 Å². The number of benzene rings is 1. The van der Waals surface area contributed by atoms with Crippen molar-refractivity contribution < 1.29 is 9.59 Å². The van der Waals surface area contributed by atoms with Gasteiger partial charge in [0.2, 0.25) is 11.9 Å². The molecule has 0 spiro atoms. The molecule has 2 amide bonds. The Morgan fingerprint density at radius 2 is 2.11 bits per heavy atom. The molecule has 10 nitrogen and oxygen atoms in total. The fourth-order valence-corrected chi connectivity index (χ4v) is 4.27. The van der Waals surface area contributed by atoms with Crippen molar-refractivity contribution in [2.24, 2.45) is 5.73 Å². The van der Waals surface area contributed by atoms with E-state index in [1.54, 1.807) is 11.1 Å². The molecule has 2 aromatic heterocycles. The second kappa shape index (κ2) is 10.4. The van der Waals surface area contributed by atoms with Crippen LogP contribution < -0.4 is 16.4 Å². The number of carbonyl (C=O) groups is 2. The van der Waals surface area contributed by atoms with Gasteiger partial charge < -0.3 is 21.3 Å². The number of nitrogens with zero attached hydrogens (tertiary/aromatic N) is 5. The topological polar surface area (TPSA) is 131 Å². The number of aromatic nitrogens is 4. The molecule has 1 aromatic carbocycles. The predicted octanol–water partition coefficient (Wildman–Crippen LogP) is 3.48. The van der Waals surface area contributed by atoms with E-state index in [1.807, 2.05) is 36.0 Å². The van der Waals surface area contributed by atoms with Crippen LogP contribution in [0.4, 0.5) is 23.1 Å². The number of hydrogen-bond donors (Lipinski definition) is 3. The highest BCUT2D eigenvalue weighted by Crippen LogP contribution is 2.28. The molecule has 0 unspecified atom stereocenters. The molecule has 0 aliphatic carbocycles. The summed E-state index contributed by atoms with van der Waals surface area (Å²) in [5.41, 5.74) is 9.51. The van der Waals surface area contributed by atoms with E-state index in [0.29, 0.717) is 24.0 Å². The van der Waals surface area contributed by atoms with Gasteiger partial charge in [0.05, 0.1) is 17.9 Å². The van der Waals surface area contributed by atoms with Crippen molar-refractivity contribution in [1.29, 1.82) is 0 Å². The molecule has 35 heavy (non-hydrogen) atoms. The maximum atomic E-state index is 12.0. The maximum absolute atomic E-state index is 12.0. The number of hydrogen-bond acceptors (Lipinski definition) is 7. The minimum Gasteiger partial charge on any atom is -0.365 e. The first-order chi connectivity index (χ1) is 16.9. The fraction of sp³-hybridized carbons (Fsp3) is 0.320. The van der Waals surface area contributed by atoms with E-state index in [1.165, 1.54) is 12.3 Å². The molecule has 0 saturated carbocycles. The molecule has 3 heterocycles. The van der Waals surface area contributed by atoms with E-state index >= 15 is 0 Å². The largest absolute Gasteiger partial charge is 0.365 e. The molecule has 1 aliphatic rings. The smallest absolute Gasteiger partial charge is 0.254 e. The van der Waals surface area contributed by atoms with Crippen molar-refractivity contribution in [2.75, 3.05) is 23.7 Å². The van der Waals surface area contributed by atoms with Gasteiger partial charge >= 0.3 is 0 Å². The van der Waals surface area contributed by atoms with Crippen LogP contribution in [0.5, 0.6) is 0 Å². The minimum atomic E-state index is -0.616. The van der Waals surface area contributed by atoms with Crippen molar-refractivity contribution in [3.8, 4) is 0 Å². The Kier molecular flexibility index (Phi) is 7.09. The van der Waals surface area contributed by atoms with Crippen LogP contribution in [0.15, 0.2) is 49.4 Å². The van der Waals surface area contributed by atoms with E-state index in [0.717, 1.165) is 42.6 Å². The highest BCUT2D eigenvalue weighted by Gasteiger charge is 2.24. The van der Waals surface area contributed by atoms with E-state index in [9.17, 15) is 9.59 Å². The zero-order chi connectivity index (χ0) is 24.9. The second-order valence-electron chi connectivity index (χ2n) is 8.53. The average molecular weight is 475 g/mol. The van der Waals surface area contributed by atoms with Gasteiger partial charge in [0.15, 0.2) is 0 Å². The average Bonchev–Trinajstić information content (AvgIpc) is 3.33. The molecule has 4 N–H and O–H groups in total. The number of primary amides is 1. The summed E-state index contributed by atoms with van der Waals surface area (Å²) in [7, 11) is 0. The number of anilines is 4. The Balaban J connectivity index is 1.55. The van der Waals surface area contributed by atoms with E-state index < -0.39 is 5.91 Å². The first-order valence-electron chi connectivity index (χ1n) is 11.6. The molecule has 0 bridgehead atoms. The van der Waals surface area contributed by atoms with Gasteiger partial charge in [-0.15, -0.1) is 0 Å². The Bertz CT molecular complexity index is 1250. The van der Waals surface area contributed by atoms with Crippen molar-refractivity contribution in [2.45, 2.75) is 39.2 Å². The zero-order valence-electron chi connectivity index (χ0n) is 20.0. The van der Waals surface area contributed by atoms with Gasteiger partial charge in [-0.05, 0) is 43.4 Å². The summed E-state index contributed by atoms with van der Waals surface area (Å²) in [5.74, 6) is -0.0504. The van der Waals surface area contributed by atoms with Crippen LogP contribution in [0, 0.1) is 6.92 Å². The third-order valence-electron chi connectivity index (χ3n) is 6.15. The van der Waals surface area contributed by atoms with Gasteiger partial charge in [-0.3, -0.25) is 14.3 Å². The number of aryl methyl sites for hydroxylation is 2. The Hall–Kier alpha value is -4.21. The zero-order valence-corrected chi connectivity index (χ0v) is 20.0. The quantitative estimate of drug-likeness (QED) is 0.426. The minimum absolute atomic E-state index is 0.0666. The van der Waals surface area contributed by atoms with Gasteiger partial charge in [0, 0.05) is 31.2 Å². The Labute approximate surface area is 204 Å². The first kappa shape index (κ1) is 23.9. The van der Waals surface area contributed by atoms with Gasteiger partial charge in [0.1, 0.15) is 11.4 Å². The highest BCUT2D eigenvalue weighted by molar-refractivity contribution is 5.98. The monoisotopic (exact) mass is 474 g/mol. The predicted molar refractivity (Wildman–Crippen MR) is 135 cm³/mol. The molecule has 1 saturated heterocycles. The van der Waals surface area contributed by atoms with Crippen molar-refractivity contribution in [1.82, 2.24) is 24.6 Å². The summed E-state index contributed by atoms with van der Waals surface area (Å²) in [6, 6.07) is 6.10. The second-order valence-corrected chi connectivity index (χ2v) is 8.53. The molecule has 4 rings (SSSR count). The fourth-order valence-electron chi connectivity index (χ4n) is 4.27.